The van der Waals surface area contributed by atoms with Crippen LogP contribution < -0.4 is 11.4 Å². The molecule has 0 radical (unpaired) electrons. The van der Waals surface area contributed by atoms with Crippen LogP contribution in [0, 0.1) is 0 Å². The zero-order valence-electron chi connectivity index (χ0n) is 9.95. The van der Waals surface area contributed by atoms with Gasteiger partial charge in [-0.25, -0.2) is 14.2 Å². The lowest BCUT2D eigenvalue weighted by Gasteiger charge is -2.15. The maximum absolute atomic E-state index is 11.5. The van der Waals surface area contributed by atoms with Gasteiger partial charge in [0, 0.05) is 6.42 Å². The fraction of sp³-hybridized carbons (Fsp3) is 0.625. The van der Waals surface area contributed by atoms with Crippen LogP contribution in [0.2, 0.25) is 0 Å². The molecule has 3 atom stereocenters. The normalized spacial score (nSPS) is 26.9. The first kappa shape index (κ1) is 15.0. The van der Waals surface area contributed by atoms with Crippen molar-refractivity contribution in [1.29, 1.82) is 0 Å². The van der Waals surface area contributed by atoms with Crippen LogP contribution in [-0.4, -0.2) is 48.2 Å². The van der Waals surface area contributed by atoms with Crippen LogP contribution in [0.15, 0.2) is 15.9 Å². The molecule has 112 valence electrons. The molecule has 1 aliphatic rings. The summed E-state index contributed by atoms with van der Waals surface area (Å²) in [6, 6.07) is 0. The van der Waals surface area contributed by atoms with Crippen LogP contribution in [0.4, 0.5) is 0 Å². The maximum atomic E-state index is 11.5. The molecule has 12 heteroatoms. The molecular formula is C8H12N3O8P. The Morgan fingerprint density at radius 3 is 2.85 bits per heavy atom. The minimum Gasteiger partial charge on any atom is -0.390 e. The number of aliphatic hydroxyl groups is 1. The molecule has 0 amide bonds. The molecule has 1 aliphatic heterocycles. The molecule has 0 spiro atoms. The highest BCUT2D eigenvalue weighted by Gasteiger charge is 2.37. The maximum Gasteiger partial charge on any atom is 0.469 e. The second-order valence-corrected chi connectivity index (χ2v) is 5.35. The van der Waals surface area contributed by atoms with E-state index in [0.29, 0.717) is 0 Å². The number of aliphatic hydroxyl groups excluding tert-OH is 1. The Labute approximate surface area is 111 Å². The zero-order chi connectivity index (χ0) is 14.9. The average molecular weight is 309 g/mol. The van der Waals surface area contributed by atoms with Gasteiger partial charge < -0.3 is 19.6 Å². The van der Waals surface area contributed by atoms with Gasteiger partial charge in [0.05, 0.1) is 12.7 Å². The van der Waals surface area contributed by atoms with Gasteiger partial charge in [-0.1, -0.05) is 0 Å². The molecule has 1 saturated heterocycles. The van der Waals surface area contributed by atoms with Crippen molar-refractivity contribution in [2.45, 2.75) is 24.9 Å². The van der Waals surface area contributed by atoms with E-state index < -0.39 is 44.2 Å². The van der Waals surface area contributed by atoms with Crippen molar-refractivity contribution in [3.63, 3.8) is 0 Å². The van der Waals surface area contributed by atoms with Crippen LogP contribution in [0.3, 0.4) is 0 Å². The second-order valence-electron chi connectivity index (χ2n) is 4.11. The number of ether oxygens (including phenoxy) is 1. The van der Waals surface area contributed by atoms with E-state index in [9.17, 15) is 19.3 Å². The van der Waals surface area contributed by atoms with Crippen molar-refractivity contribution in [3.05, 3.63) is 27.3 Å². The predicted octanol–water partition coefficient (Wildman–Crippen LogP) is -2.31. The number of aromatic amines is 1. The number of rotatable bonds is 4. The van der Waals surface area contributed by atoms with E-state index in [1.165, 1.54) is 0 Å². The van der Waals surface area contributed by atoms with Crippen molar-refractivity contribution >= 4 is 7.82 Å². The molecule has 11 nitrogen and oxygen atoms in total. The molecule has 0 bridgehead atoms. The van der Waals surface area contributed by atoms with Crippen molar-refractivity contribution in [3.8, 4) is 0 Å². The van der Waals surface area contributed by atoms with E-state index in [-0.39, 0.29) is 6.42 Å². The lowest BCUT2D eigenvalue weighted by molar-refractivity contribution is -0.0454. The Hall–Kier alpha value is -1.36. The minimum absolute atomic E-state index is 0.0111. The molecule has 2 heterocycles. The van der Waals surface area contributed by atoms with Gasteiger partial charge in [-0.3, -0.25) is 14.1 Å². The van der Waals surface area contributed by atoms with Crippen LogP contribution in [0.1, 0.15) is 12.6 Å². The zero-order valence-corrected chi connectivity index (χ0v) is 10.8. The van der Waals surface area contributed by atoms with E-state index in [1.807, 2.05) is 4.98 Å². The van der Waals surface area contributed by atoms with Gasteiger partial charge in [0.1, 0.15) is 18.7 Å². The summed E-state index contributed by atoms with van der Waals surface area (Å²) in [5.41, 5.74) is -1.58. The summed E-state index contributed by atoms with van der Waals surface area (Å²) in [5, 5.41) is 9.70. The number of hydrogen-bond donors (Lipinski definition) is 4. The molecule has 0 unspecified atom stereocenters. The Bertz CT molecular complexity index is 635. The average Bonchev–Trinajstić information content (AvgIpc) is 2.67. The summed E-state index contributed by atoms with van der Waals surface area (Å²) in [6.45, 7) is -0.534. The lowest BCUT2D eigenvalue weighted by atomic mass is 10.2. The number of H-pyrrole nitrogens is 1. The highest BCUT2D eigenvalue weighted by atomic mass is 31.2. The molecule has 4 N–H and O–H groups in total. The summed E-state index contributed by atoms with van der Waals surface area (Å²) in [5.74, 6) is 0. The molecule has 0 saturated carbocycles. The summed E-state index contributed by atoms with van der Waals surface area (Å²) in [4.78, 5) is 44.7. The number of aromatic nitrogens is 3. The fourth-order valence-electron chi connectivity index (χ4n) is 1.77. The molecule has 1 aromatic heterocycles. The number of nitrogens with zero attached hydrogens (tertiary/aromatic N) is 2. The van der Waals surface area contributed by atoms with Crippen molar-refractivity contribution in [2.24, 2.45) is 0 Å². The van der Waals surface area contributed by atoms with Gasteiger partial charge >= 0.3 is 19.2 Å². The number of phosphoric ester groups is 1. The summed E-state index contributed by atoms with van der Waals surface area (Å²) >= 11 is 0. The van der Waals surface area contributed by atoms with Gasteiger partial charge in [0.15, 0.2) is 0 Å². The molecule has 2 rings (SSSR count). The first-order chi connectivity index (χ1) is 9.26. The van der Waals surface area contributed by atoms with E-state index >= 15 is 0 Å². The summed E-state index contributed by atoms with van der Waals surface area (Å²) < 4.78 is 21.0. The fourth-order valence-corrected chi connectivity index (χ4v) is 2.11. The van der Waals surface area contributed by atoms with Gasteiger partial charge in [-0.05, 0) is 0 Å². The Balaban J connectivity index is 2.08. The largest absolute Gasteiger partial charge is 0.469 e. The lowest BCUT2D eigenvalue weighted by Crippen LogP contribution is -2.33. The quantitative estimate of drug-likeness (QED) is 0.447. The third kappa shape index (κ3) is 3.60. The molecule has 1 aromatic rings. The SMILES string of the molecule is O=c1ncn([C@H]2C[C@H](O)[C@@H](COP(=O)(O)O)O2)c(=O)[nH]1. The van der Waals surface area contributed by atoms with Crippen molar-refractivity contribution in [2.75, 3.05) is 6.61 Å². The molecule has 1 fully saturated rings. The number of hydrogen-bond acceptors (Lipinski definition) is 7. The third-order valence-corrected chi connectivity index (χ3v) is 3.15. The van der Waals surface area contributed by atoms with Crippen LogP contribution in [0.5, 0.6) is 0 Å². The highest BCUT2D eigenvalue weighted by Crippen LogP contribution is 2.37. The van der Waals surface area contributed by atoms with Crippen LogP contribution in [-0.2, 0) is 13.8 Å². The van der Waals surface area contributed by atoms with E-state index in [2.05, 4.69) is 9.51 Å². The van der Waals surface area contributed by atoms with Crippen LogP contribution >= 0.6 is 7.82 Å². The highest BCUT2D eigenvalue weighted by molar-refractivity contribution is 7.46. The Morgan fingerprint density at radius 2 is 2.25 bits per heavy atom. The van der Waals surface area contributed by atoms with Gasteiger partial charge in [-0.15, -0.1) is 0 Å². The number of phosphoric acid groups is 1. The van der Waals surface area contributed by atoms with E-state index in [4.69, 9.17) is 14.5 Å². The first-order valence-electron chi connectivity index (χ1n) is 5.47. The molecular weight excluding hydrogens is 297 g/mol. The minimum atomic E-state index is -4.67. The Kier molecular flexibility index (Phi) is 4.18. The van der Waals surface area contributed by atoms with E-state index in [1.54, 1.807) is 0 Å². The monoisotopic (exact) mass is 309 g/mol. The summed E-state index contributed by atoms with van der Waals surface area (Å²) in [6.07, 6.45) is -2.04. The molecule has 0 aromatic carbocycles. The number of nitrogens with one attached hydrogen (secondary N) is 1. The molecule has 0 aliphatic carbocycles. The predicted molar refractivity (Wildman–Crippen MR) is 61.6 cm³/mol. The third-order valence-electron chi connectivity index (χ3n) is 2.67. The molecule has 20 heavy (non-hydrogen) atoms. The Morgan fingerprint density at radius 1 is 1.55 bits per heavy atom. The van der Waals surface area contributed by atoms with Gasteiger partial charge in [0.2, 0.25) is 0 Å². The van der Waals surface area contributed by atoms with E-state index in [0.717, 1.165) is 10.9 Å². The standard InChI is InChI=1S/C8H12N3O8P/c12-4-1-6(11-3-9-7(13)10-8(11)14)19-5(4)2-18-20(15,16)17/h3-6,12H,1-2H2,(H,10,13,14)(H2,15,16,17)/t4-,5+,6+/m0/s1. The van der Waals surface area contributed by atoms with Crippen molar-refractivity contribution in [1.82, 2.24) is 14.5 Å². The first-order valence-corrected chi connectivity index (χ1v) is 7.00. The smallest absolute Gasteiger partial charge is 0.390 e. The topological polar surface area (TPSA) is 164 Å². The van der Waals surface area contributed by atoms with Crippen molar-refractivity contribution < 1.29 is 28.7 Å². The van der Waals surface area contributed by atoms with Gasteiger partial charge in [0.25, 0.3) is 0 Å². The second kappa shape index (κ2) is 5.56. The summed E-state index contributed by atoms with van der Waals surface area (Å²) in [7, 11) is -4.67. The van der Waals surface area contributed by atoms with Gasteiger partial charge in [-0.2, -0.15) is 4.98 Å². The van der Waals surface area contributed by atoms with Crippen LogP contribution in [0.25, 0.3) is 0 Å².